The summed E-state index contributed by atoms with van der Waals surface area (Å²) >= 11 is 0. The van der Waals surface area contributed by atoms with Crippen LogP contribution in [0.25, 0.3) is 0 Å². The van der Waals surface area contributed by atoms with E-state index in [1.54, 1.807) is 0 Å². The largest absolute Gasteiger partial charge is 0.300 e. The van der Waals surface area contributed by atoms with Gasteiger partial charge in [0.1, 0.15) is 11.6 Å². The smallest absolute Gasteiger partial charge is 0.132 e. The number of unbranched alkanes of at least 4 members (excludes halogenated alkanes) is 10. The van der Waals surface area contributed by atoms with Crippen molar-refractivity contribution in [3.05, 3.63) is 0 Å². The molecule has 0 N–H and O–H groups in total. The van der Waals surface area contributed by atoms with E-state index in [2.05, 4.69) is 13.8 Å². The van der Waals surface area contributed by atoms with Crippen LogP contribution < -0.4 is 0 Å². The van der Waals surface area contributed by atoms with E-state index in [0.29, 0.717) is 24.4 Å². The predicted octanol–water partition coefficient (Wildman–Crippen LogP) is 6.80. The second-order valence-electron chi connectivity index (χ2n) is 6.97. The molecular formula is C21H40O2. The van der Waals surface area contributed by atoms with Crippen LogP contribution in [-0.2, 0) is 9.59 Å². The minimum atomic E-state index is 0.383. The quantitative estimate of drug-likeness (QED) is 0.260. The lowest BCUT2D eigenvalue weighted by Crippen LogP contribution is -2.00. The molecular weight excluding hydrogens is 284 g/mol. The molecule has 23 heavy (non-hydrogen) atoms. The molecule has 0 radical (unpaired) electrons. The third-order valence-corrected chi connectivity index (χ3v) is 4.53. The van der Waals surface area contributed by atoms with E-state index in [-0.39, 0.29) is 0 Å². The van der Waals surface area contributed by atoms with Gasteiger partial charge in [-0.2, -0.15) is 0 Å². The van der Waals surface area contributed by atoms with Gasteiger partial charge in [-0.1, -0.05) is 71.6 Å². The molecule has 2 heteroatoms. The van der Waals surface area contributed by atoms with E-state index in [9.17, 15) is 9.59 Å². The third-order valence-electron chi connectivity index (χ3n) is 4.53. The zero-order valence-corrected chi connectivity index (χ0v) is 15.8. The number of rotatable bonds is 18. The SMILES string of the molecule is CCCCCCCCCCC(=O)CCCCC(=O)CCCCC. The molecule has 0 bridgehead atoms. The molecule has 0 aliphatic heterocycles. The van der Waals surface area contributed by atoms with Gasteiger partial charge in [-0.3, -0.25) is 9.59 Å². The number of hydrogen-bond donors (Lipinski definition) is 0. The molecule has 0 aromatic heterocycles. The molecule has 0 aliphatic rings. The van der Waals surface area contributed by atoms with E-state index < -0.39 is 0 Å². The van der Waals surface area contributed by atoms with Gasteiger partial charge in [-0.05, 0) is 25.7 Å². The average Bonchev–Trinajstić information content (AvgIpc) is 2.54. The first-order valence-corrected chi connectivity index (χ1v) is 10.2. The summed E-state index contributed by atoms with van der Waals surface area (Å²) in [6.07, 6.45) is 18.2. The zero-order chi connectivity index (χ0) is 17.2. The second kappa shape index (κ2) is 17.7. The van der Waals surface area contributed by atoms with Crippen LogP contribution >= 0.6 is 0 Å². The summed E-state index contributed by atoms with van der Waals surface area (Å²) in [6.45, 7) is 4.40. The minimum Gasteiger partial charge on any atom is -0.300 e. The van der Waals surface area contributed by atoms with Crippen LogP contribution in [0.3, 0.4) is 0 Å². The molecule has 0 saturated heterocycles. The summed E-state index contributed by atoms with van der Waals surface area (Å²) in [4.78, 5) is 23.4. The van der Waals surface area contributed by atoms with E-state index >= 15 is 0 Å². The first kappa shape index (κ1) is 22.3. The van der Waals surface area contributed by atoms with E-state index in [1.165, 1.54) is 51.4 Å². The third kappa shape index (κ3) is 17.5. The van der Waals surface area contributed by atoms with Crippen LogP contribution in [-0.4, -0.2) is 11.6 Å². The van der Waals surface area contributed by atoms with Crippen LogP contribution in [0.2, 0.25) is 0 Å². The lowest BCUT2D eigenvalue weighted by molar-refractivity contribution is -0.121. The Labute approximate surface area is 144 Å². The van der Waals surface area contributed by atoms with Gasteiger partial charge in [0.15, 0.2) is 0 Å². The maximum Gasteiger partial charge on any atom is 0.132 e. The van der Waals surface area contributed by atoms with Gasteiger partial charge in [0, 0.05) is 25.7 Å². The van der Waals surface area contributed by atoms with Crippen molar-refractivity contribution in [2.45, 2.75) is 123 Å². The lowest BCUT2D eigenvalue weighted by Gasteiger charge is -2.03. The van der Waals surface area contributed by atoms with Gasteiger partial charge in [-0.25, -0.2) is 0 Å². The molecule has 0 atom stereocenters. The summed E-state index contributed by atoms with van der Waals surface area (Å²) < 4.78 is 0. The first-order valence-electron chi connectivity index (χ1n) is 10.2. The van der Waals surface area contributed by atoms with Crippen molar-refractivity contribution in [1.82, 2.24) is 0 Å². The van der Waals surface area contributed by atoms with Crippen molar-refractivity contribution >= 4 is 11.6 Å². The molecule has 0 fully saturated rings. The topological polar surface area (TPSA) is 34.1 Å². The van der Waals surface area contributed by atoms with Crippen molar-refractivity contribution in [2.75, 3.05) is 0 Å². The van der Waals surface area contributed by atoms with Crippen molar-refractivity contribution in [3.63, 3.8) is 0 Å². The van der Waals surface area contributed by atoms with Gasteiger partial charge >= 0.3 is 0 Å². The van der Waals surface area contributed by atoms with Gasteiger partial charge in [0.25, 0.3) is 0 Å². The zero-order valence-electron chi connectivity index (χ0n) is 15.8. The Morgan fingerprint density at radius 3 is 1.13 bits per heavy atom. The summed E-state index contributed by atoms with van der Waals surface area (Å²) in [7, 11) is 0. The van der Waals surface area contributed by atoms with Crippen LogP contribution in [0.15, 0.2) is 0 Å². The molecule has 0 aliphatic carbocycles. The predicted molar refractivity (Wildman–Crippen MR) is 99.9 cm³/mol. The normalized spacial score (nSPS) is 10.9. The Morgan fingerprint density at radius 1 is 0.435 bits per heavy atom. The maximum absolute atomic E-state index is 11.8. The lowest BCUT2D eigenvalue weighted by atomic mass is 10.0. The Hall–Kier alpha value is -0.660. The maximum atomic E-state index is 11.8. The molecule has 0 rings (SSSR count). The van der Waals surface area contributed by atoms with Crippen molar-refractivity contribution in [3.8, 4) is 0 Å². The average molecular weight is 325 g/mol. The fourth-order valence-corrected chi connectivity index (χ4v) is 2.92. The fourth-order valence-electron chi connectivity index (χ4n) is 2.92. The van der Waals surface area contributed by atoms with Crippen molar-refractivity contribution < 1.29 is 9.59 Å². The van der Waals surface area contributed by atoms with E-state index in [0.717, 1.165) is 44.9 Å². The minimum absolute atomic E-state index is 0.383. The van der Waals surface area contributed by atoms with Crippen LogP contribution in [0, 0.1) is 0 Å². The monoisotopic (exact) mass is 324 g/mol. The summed E-state index contributed by atoms with van der Waals surface area (Å²) in [6, 6.07) is 0. The van der Waals surface area contributed by atoms with E-state index in [4.69, 9.17) is 0 Å². The highest BCUT2D eigenvalue weighted by Gasteiger charge is 2.04. The van der Waals surface area contributed by atoms with Gasteiger partial charge in [0.05, 0.1) is 0 Å². The molecule has 0 spiro atoms. The molecule has 136 valence electrons. The Kier molecular flexibility index (Phi) is 17.2. The van der Waals surface area contributed by atoms with Gasteiger partial charge in [0.2, 0.25) is 0 Å². The number of carbonyl (C=O) groups excluding carboxylic acids is 2. The van der Waals surface area contributed by atoms with Crippen molar-refractivity contribution in [2.24, 2.45) is 0 Å². The summed E-state index contributed by atoms with van der Waals surface area (Å²) in [5, 5.41) is 0. The van der Waals surface area contributed by atoms with Crippen molar-refractivity contribution in [1.29, 1.82) is 0 Å². The number of Topliss-reactive ketones (excluding diaryl/α,β-unsaturated/α-hetero) is 2. The highest BCUT2D eigenvalue weighted by Crippen LogP contribution is 2.12. The Bertz CT molecular complexity index is 284. The van der Waals surface area contributed by atoms with E-state index in [1.807, 2.05) is 0 Å². The summed E-state index contributed by atoms with van der Waals surface area (Å²) in [5.74, 6) is 0.781. The van der Waals surface area contributed by atoms with Gasteiger partial charge in [-0.15, -0.1) is 0 Å². The fraction of sp³-hybridized carbons (Fsp3) is 0.905. The Balaban J connectivity index is 3.29. The first-order chi connectivity index (χ1) is 11.2. The van der Waals surface area contributed by atoms with Gasteiger partial charge < -0.3 is 0 Å². The van der Waals surface area contributed by atoms with Crippen LogP contribution in [0.4, 0.5) is 0 Å². The molecule has 0 saturated carbocycles. The summed E-state index contributed by atoms with van der Waals surface area (Å²) in [5.41, 5.74) is 0. The molecule has 0 aromatic rings. The highest BCUT2D eigenvalue weighted by molar-refractivity contribution is 5.79. The number of ketones is 2. The standard InChI is InChI=1S/C21H40O2/c1-3-5-7-8-9-10-11-13-17-21(23)19-15-14-18-20(22)16-12-6-4-2/h3-19H2,1-2H3. The molecule has 0 heterocycles. The molecule has 0 unspecified atom stereocenters. The number of carbonyl (C=O) groups is 2. The Morgan fingerprint density at radius 2 is 0.696 bits per heavy atom. The highest BCUT2D eigenvalue weighted by atomic mass is 16.1. The second-order valence-corrected chi connectivity index (χ2v) is 6.97. The molecule has 0 amide bonds. The number of hydrogen-bond acceptors (Lipinski definition) is 2. The van der Waals surface area contributed by atoms with Crippen LogP contribution in [0.5, 0.6) is 0 Å². The molecule has 2 nitrogen and oxygen atoms in total. The van der Waals surface area contributed by atoms with Crippen LogP contribution in [0.1, 0.15) is 123 Å². The molecule has 0 aromatic carbocycles.